The molecule has 0 atom stereocenters. The molecular formula is C19H19NO2. The highest BCUT2D eigenvalue weighted by Crippen LogP contribution is 2.16. The minimum Gasteiger partial charge on any atom is -0.508 e. The van der Waals surface area contributed by atoms with Gasteiger partial charge in [-0.1, -0.05) is 24.3 Å². The number of phenolic OH excluding ortho intramolecular Hbond substituents is 1. The summed E-state index contributed by atoms with van der Waals surface area (Å²) in [6.45, 7) is 0. The standard InChI is InChI=1S/C19H19NO2/c21-17-8-5-15(6-9-17)12-18(22)3-1-2-14-4-7-16-10-11-20-19(16)13-14/h4-11,13,20-21H,1-3,12H2. The predicted octanol–water partition coefficient (Wildman–Crippen LogP) is 4.01. The van der Waals surface area contributed by atoms with Crippen LogP contribution in [-0.4, -0.2) is 15.9 Å². The summed E-state index contributed by atoms with van der Waals surface area (Å²) < 4.78 is 0. The van der Waals surface area contributed by atoms with Crippen molar-refractivity contribution in [1.29, 1.82) is 0 Å². The summed E-state index contributed by atoms with van der Waals surface area (Å²) in [6.07, 6.45) is 4.74. The number of aromatic amines is 1. The molecule has 0 amide bonds. The molecule has 3 rings (SSSR count). The summed E-state index contributed by atoms with van der Waals surface area (Å²) in [5, 5.41) is 10.4. The zero-order valence-corrected chi connectivity index (χ0v) is 12.4. The average molecular weight is 293 g/mol. The molecule has 3 aromatic rings. The Hall–Kier alpha value is -2.55. The van der Waals surface area contributed by atoms with E-state index in [9.17, 15) is 9.90 Å². The van der Waals surface area contributed by atoms with Gasteiger partial charge in [0.1, 0.15) is 11.5 Å². The highest BCUT2D eigenvalue weighted by atomic mass is 16.3. The zero-order valence-electron chi connectivity index (χ0n) is 12.4. The first-order valence-electron chi connectivity index (χ1n) is 7.56. The van der Waals surface area contributed by atoms with Gasteiger partial charge in [0.2, 0.25) is 0 Å². The average Bonchev–Trinajstić information content (AvgIpc) is 2.97. The molecule has 2 aromatic carbocycles. The molecule has 0 unspecified atom stereocenters. The molecule has 0 aliphatic carbocycles. The second kappa shape index (κ2) is 6.48. The smallest absolute Gasteiger partial charge is 0.137 e. The van der Waals surface area contributed by atoms with Crippen molar-refractivity contribution in [2.24, 2.45) is 0 Å². The summed E-state index contributed by atoms with van der Waals surface area (Å²) in [6, 6.07) is 15.3. The lowest BCUT2D eigenvalue weighted by Crippen LogP contribution is -2.03. The number of aryl methyl sites for hydroxylation is 1. The summed E-state index contributed by atoms with van der Waals surface area (Å²) in [5.74, 6) is 0.475. The Morgan fingerprint density at radius 3 is 2.59 bits per heavy atom. The van der Waals surface area contributed by atoms with Gasteiger partial charge in [-0.25, -0.2) is 0 Å². The Balaban J connectivity index is 1.49. The topological polar surface area (TPSA) is 53.1 Å². The fourth-order valence-corrected chi connectivity index (χ4v) is 2.67. The van der Waals surface area contributed by atoms with E-state index in [0.717, 1.165) is 23.9 Å². The van der Waals surface area contributed by atoms with Gasteiger partial charge in [0, 0.05) is 24.6 Å². The van der Waals surface area contributed by atoms with Crippen LogP contribution in [0.2, 0.25) is 0 Å². The molecule has 0 aliphatic heterocycles. The molecule has 3 nitrogen and oxygen atoms in total. The van der Waals surface area contributed by atoms with Crippen LogP contribution in [0.25, 0.3) is 10.9 Å². The van der Waals surface area contributed by atoms with Crippen molar-refractivity contribution in [2.45, 2.75) is 25.7 Å². The number of ketones is 1. The van der Waals surface area contributed by atoms with Gasteiger partial charge in [-0.3, -0.25) is 4.79 Å². The molecule has 1 aromatic heterocycles. The summed E-state index contributed by atoms with van der Waals surface area (Å²) in [4.78, 5) is 15.2. The van der Waals surface area contributed by atoms with Gasteiger partial charge in [-0.15, -0.1) is 0 Å². The third-order valence-electron chi connectivity index (χ3n) is 3.88. The Kier molecular flexibility index (Phi) is 4.24. The summed E-state index contributed by atoms with van der Waals surface area (Å²) in [7, 11) is 0. The fraction of sp³-hybridized carbons (Fsp3) is 0.211. The van der Waals surface area contributed by atoms with Crippen LogP contribution in [0.15, 0.2) is 54.7 Å². The van der Waals surface area contributed by atoms with E-state index in [0.29, 0.717) is 12.8 Å². The molecule has 2 N–H and O–H groups in total. The number of nitrogens with one attached hydrogen (secondary N) is 1. The molecule has 3 heteroatoms. The lowest BCUT2D eigenvalue weighted by Gasteiger charge is -2.03. The van der Waals surface area contributed by atoms with Gasteiger partial charge in [0.15, 0.2) is 0 Å². The highest BCUT2D eigenvalue weighted by Gasteiger charge is 2.05. The first kappa shape index (κ1) is 14.4. The number of Topliss-reactive ketones (excluding diaryl/α,β-unsaturated/α-hetero) is 1. The lowest BCUT2D eigenvalue weighted by atomic mass is 10.0. The molecule has 0 radical (unpaired) electrons. The number of carbonyl (C=O) groups excluding carboxylic acids is 1. The number of fused-ring (bicyclic) bond motifs is 1. The number of aromatic nitrogens is 1. The van der Waals surface area contributed by atoms with Crippen LogP contribution in [0.5, 0.6) is 5.75 Å². The van der Waals surface area contributed by atoms with Gasteiger partial charge in [-0.2, -0.15) is 0 Å². The van der Waals surface area contributed by atoms with Gasteiger partial charge >= 0.3 is 0 Å². The molecule has 0 aliphatic rings. The van der Waals surface area contributed by atoms with Crippen LogP contribution in [0.1, 0.15) is 24.0 Å². The summed E-state index contributed by atoms with van der Waals surface area (Å²) >= 11 is 0. The Morgan fingerprint density at radius 1 is 1.00 bits per heavy atom. The molecule has 0 spiro atoms. The van der Waals surface area contributed by atoms with Crippen molar-refractivity contribution < 1.29 is 9.90 Å². The van der Waals surface area contributed by atoms with Crippen LogP contribution in [0.4, 0.5) is 0 Å². The molecule has 0 saturated carbocycles. The van der Waals surface area contributed by atoms with E-state index < -0.39 is 0 Å². The minimum atomic E-state index is 0.232. The van der Waals surface area contributed by atoms with Crippen molar-refractivity contribution in [3.63, 3.8) is 0 Å². The largest absolute Gasteiger partial charge is 0.508 e. The monoisotopic (exact) mass is 293 g/mol. The number of aromatic hydroxyl groups is 1. The second-order valence-corrected chi connectivity index (χ2v) is 5.63. The van der Waals surface area contributed by atoms with Crippen molar-refractivity contribution in [3.8, 4) is 5.75 Å². The minimum absolute atomic E-state index is 0.232. The first-order valence-corrected chi connectivity index (χ1v) is 7.56. The lowest BCUT2D eigenvalue weighted by molar-refractivity contribution is -0.118. The van der Waals surface area contributed by atoms with E-state index in [1.54, 1.807) is 24.3 Å². The van der Waals surface area contributed by atoms with Crippen LogP contribution in [0.3, 0.4) is 0 Å². The zero-order chi connectivity index (χ0) is 15.4. The van der Waals surface area contributed by atoms with Crippen LogP contribution < -0.4 is 0 Å². The van der Waals surface area contributed by atoms with Gasteiger partial charge in [0.25, 0.3) is 0 Å². The van der Waals surface area contributed by atoms with Gasteiger partial charge < -0.3 is 10.1 Å². The van der Waals surface area contributed by atoms with E-state index >= 15 is 0 Å². The maximum atomic E-state index is 12.0. The third-order valence-corrected chi connectivity index (χ3v) is 3.88. The van der Waals surface area contributed by atoms with E-state index in [1.165, 1.54) is 10.9 Å². The third kappa shape index (κ3) is 3.55. The van der Waals surface area contributed by atoms with E-state index in [1.807, 2.05) is 6.20 Å². The number of benzene rings is 2. The summed E-state index contributed by atoms with van der Waals surface area (Å²) in [5.41, 5.74) is 3.36. The molecular weight excluding hydrogens is 274 g/mol. The molecule has 0 bridgehead atoms. The van der Waals surface area contributed by atoms with Crippen LogP contribution in [-0.2, 0) is 17.6 Å². The predicted molar refractivity (Wildman–Crippen MR) is 88.1 cm³/mol. The fourth-order valence-electron chi connectivity index (χ4n) is 2.67. The van der Waals surface area contributed by atoms with Crippen molar-refractivity contribution >= 4 is 16.7 Å². The normalized spacial score (nSPS) is 10.9. The maximum absolute atomic E-state index is 12.0. The number of hydrogen-bond donors (Lipinski definition) is 2. The van der Waals surface area contributed by atoms with E-state index in [2.05, 4.69) is 29.2 Å². The highest BCUT2D eigenvalue weighted by molar-refractivity contribution is 5.81. The maximum Gasteiger partial charge on any atom is 0.137 e. The number of carbonyl (C=O) groups is 1. The van der Waals surface area contributed by atoms with Crippen LogP contribution >= 0.6 is 0 Å². The Bertz CT molecular complexity index is 771. The Morgan fingerprint density at radius 2 is 1.77 bits per heavy atom. The number of H-pyrrole nitrogens is 1. The Labute approximate surface area is 129 Å². The quantitative estimate of drug-likeness (QED) is 0.721. The second-order valence-electron chi connectivity index (χ2n) is 5.63. The molecule has 112 valence electrons. The van der Waals surface area contributed by atoms with Crippen LogP contribution in [0, 0.1) is 0 Å². The molecule has 1 heterocycles. The van der Waals surface area contributed by atoms with Gasteiger partial charge in [0.05, 0.1) is 0 Å². The van der Waals surface area contributed by atoms with Crippen molar-refractivity contribution in [2.75, 3.05) is 0 Å². The number of rotatable bonds is 6. The number of hydrogen-bond acceptors (Lipinski definition) is 2. The van der Waals surface area contributed by atoms with Crippen molar-refractivity contribution in [1.82, 2.24) is 4.98 Å². The van der Waals surface area contributed by atoms with Crippen molar-refractivity contribution in [3.05, 3.63) is 65.9 Å². The molecule has 0 fully saturated rings. The van der Waals surface area contributed by atoms with Gasteiger partial charge in [-0.05, 0) is 53.6 Å². The SMILES string of the molecule is O=C(CCCc1ccc2cc[nH]c2c1)Cc1ccc(O)cc1. The molecule has 22 heavy (non-hydrogen) atoms. The first-order chi connectivity index (χ1) is 10.7. The van der Waals surface area contributed by atoms with E-state index in [4.69, 9.17) is 0 Å². The van der Waals surface area contributed by atoms with E-state index in [-0.39, 0.29) is 11.5 Å². The molecule has 0 saturated heterocycles. The number of phenols is 1.